The standard InChI is InChI=1S/C11H10BrN5O2/c12-6-1-2-8-7(5-6)14-11-15-10(16-17(8)11)13-4-3-9(18)19/h1-2,5H,3-4H2,(H,18,19)(H2,13,14,15,16). The molecule has 0 bridgehead atoms. The quantitative estimate of drug-likeness (QED) is 0.681. The Balaban J connectivity index is 1.91. The fraction of sp³-hybridized carbons (Fsp3) is 0.182. The minimum absolute atomic E-state index is 0.0384. The van der Waals surface area contributed by atoms with E-state index in [1.807, 2.05) is 18.2 Å². The van der Waals surface area contributed by atoms with Gasteiger partial charge in [-0.1, -0.05) is 15.9 Å². The molecule has 0 radical (unpaired) electrons. The number of aromatic nitrogens is 4. The SMILES string of the molecule is O=C(O)CCNc1nc2nc3cc(Br)ccc3n2[nH]1. The highest BCUT2D eigenvalue weighted by atomic mass is 79.9. The van der Waals surface area contributed by atoms with Crippen molar-refractivity contribution in [3.63, 3.8) is 0 Å². The summed E-state index contributed by atoms with van der Waals surface area (Å²) in [7, 11) is 0. The molecule has 0 saturated heterocycles. The summed E-state index contributed by atoms with van der Waals surface area (Å²) in [5.41, 5.74) is 1.75. The number of anilines is 1. The number of rotatable bonds is 4. The minimum atomic E-state index is -0.848. The van der Waals surface area contributed by atoms with E-state index in [0.29, 0.717) is 18.3 Å². The third kappa shape index (κ3) is 2.26. The third-order valence-electron chi connectivity index (χ3n) is 2.66. The number of fused-ring (bicyclic) bond motifs is 3. The summed E-state index contributed by atoms with van der Waals surface area (Å²) in [5, 5.41) is 14.5. The van der Waals surface area contributed by atoms with Gasteiger partial charge in [0.15, 0.2) is 0 Å². The zero-order chi connectivity index (χ0) is 13.4. The number of nitrogens with zero attached hydrogens (tertiary/aromatic N) is 3. The van der Waals surface area contributed by atoms with E-state index in [-0.39, 0.29) is 6.42 Å². The summed E-state index contributed by atoms with van der Waals surface area (Å²) in [6.45, 7) is 0.315. The number of aliphatic carboxylic acids is 1. The summed E-state index contributed by atoms with van der Waals surface area (Å²) in [6.07, 6.45) is 0.0384. The highest BCUT2D eigenvalue weighted by Gasteiger charge is 2.09. The molecule has 2 heterocycles. The van der Waals surface area contributed by atoms with Gasteiger partial charge in [-0.25, -0.2) is 9.50 Å². The lowest BCUT2D eigenvalue weighted by atomic mass is 10.3. The Morgan fingerprint density at radius 2 is 2.32 bits per heavy atom. The normalized spacial score (nSPS) is 11.2. The monoisotopic (exact) mass is 323 g/mol. The van der Waals surface area contributed by atoms with Gasteiger partial charge in [-0.3, -0.25) is 9.89 Å². The van der Waals surface area contributed by atoms with E-state index in [9.17, 15) is 4.79 Å². The molecule has 0 aliphatic heterocycles. The molecular weight excluding hydrogens is 314 g/mol. The molecule has 0 saturated carbocycles. The minimum Gasteiger partial charge on any atom is -0.481 e. The third-order valence-corrected chi connectivity index (χ3v) is 3.15. The van der Waals surface area contributed by atoms with Gasteiger partial charge in [-0.15, -0.1) is 0 Å². The van der Waals surface area contributed by atoms with Crippen LogP contribution in [-0.2, 0) is 4.79 Å². The molecule has 0 amide bonds. The molecule has 1 aromatic carbocycles. The van der Waals surface area contributed by atoms with Crippen molar-refractivity contribution in [1.29, 1.82) is 0 Å². The van der Waals surface area contributed by atoms with Gasteiger partial charge in [-0.2, -0.15) is 4.98 Å². The van der Waals surface area contributed by atoms with Crippen LogP contribution in [0, 0.1) is 0 Å². The van der Waals surface area contributed by atoms with Crippen molar-refractivity contribution in [1.82, 2.24) is 19.6 Å². The first-order chi connectivity index (χ1) is 9.13. The van der Waals surface area contributed by atoms with Crippen molar-refractivity contribution in [2.75, 3.05) is 11.9 Å². The predicted octanol–water partition coefficient (Wildman–Crippen LogP) is 1.86. The Labute approximate surface area is 115 Å². The zero-order valence-corrected chi connectivity index (χ0v) is 11.3. The van der Waals surface area contributed by atoms with Crippen molar-refractivity contribution < 1.29 is 9.90 Å². The van der Waals surface area contributed by atoms with Crippen LogP contribution in [0.25, 0.3) is 16.8 Å². The maximum Gasteiger partial charge on any atom is 0.305 e. The van der Waals surface area contributed by atoms with Gasteiger partial charge in [0.1, 0.15) is 0 Å². The second-order valence-corrected chi connectivity index (χ2v) is 4.94. The fourth-order valence-corrected chi connectivity index (χ4v) is 2.17. The Morgan fingerprint density at radius 3 is 3.11 bits per heavy atom. The van der Waals surface area contributed by atoms with Gasteiger partial charge in [0.05, 0.1) is 17.5 Å². The van der Waals surface area contributed by atoms with E-state index in [1.54, 1.807) is 4.52 Å². The number of imidazole rings is 1. The summed E-state index contributed by atoms with van der Waals surface area (Å²) in [6, 6.07) is 5.77. The molecule has 8 heteroatoms. The van der Waals surface area contributed by atoms with E-state index in [0.717, 1.165) is 15.5 Å². The molecule has 0 atom stereocenters. The van der Waals surface area contributed by atoms with Gasteiger partial charge in [0.2, 0.25) is 5.95 Å². The molecule has 0 spiro atoms. The second-order valence-electron chi connectivity index (χ2n) is 4.02. The van der Waals surface area contributed by atoms with E-state index >= 15 is 0 Å². The summed E-state index contributed by atoms with van der Waals surface area (Å²) >= 11 is 3.39. The molecule has 0 unspecified atom stereocenters. The Kier molecular flexibility index (Phi) is 2.86. The lowest BCUT2D eigenvalue weighted by Gasteiger charge is -1.98. The molecule has 0 fully saturated rings. The number of nitrogens with one attached hydrogen (secondary N) is 2. The first kappa shape index (κ1) is 12.0. The van der Waals surface area contributed by atoms with Crippen molar-refractivity contribution >= 4 is 44.7 Å². The van der Waals surface area contributed by atoms with Crippen molar-refractivity contribution in [3.05, 3.63) is 22.7 Å². The highest BCUT2D eigenvalue weighted by Crippen LogP contribution is 2.20. The van der Waals surface area contributed by atoms with Crippen LogP contribution < -0.4 is 5.32 Å². The van der Waals surface area contributed by atoms with Crippen LogP contribution in [0.3, 0.4) is 0 Å². The van der Waals surface area contributed by atoms with Crippen LogP contribution in [0.15, 0.2) is 22.7 Å². The number of hydrogen-bond acceptors (Lipinski definition) is 4. The molecule has 98 valence electrons. The Morgan fingerprint density at radius 1 is 1.47 bits per heavy atom. The molecule has 3 N–H and O–H groups in total. The molecular formula is C11H10BrN5O2. The number of benzene rings is 1. The van der Waals surface area contributed by atoms with E-state index in [1.165, 1.54) is 0 Å². The number of hydrogen-bond donors (Lipinski definition) is 3. The summed E-state index contributed by atoms with van der Waals surface area (Å²) < 4.78 is 2.71. The molecule has 19 heavy (non-hydrogen) atoms. The van der Waals surface area contributed by atoms with Crippen LogP contribution in [-0.4, -0.2) is 37.2 Å². The van der Waals surface area contributed by atoms with Crippen molar-refractivity contribution in [2.24, 2.45) is 0 Å². The first-order valence-electron chi connectivity index (χ1n) is 5.63. The van der Waals surface area contributed by atoms with Gasteiger partial charge >= 0.3 is 5.97 Å². The number of carboxylic acids is 1. The fourth-order valence-electron chi connectivity index (χ4n) is 1.82. The van der Waals surface area contributed by atoms with Crippen molar-refractivity contribution in [2.45, 2.75) is 6.42 Å². The van der Waals surface area contributed by atoms with E-state index < -0.39 is 5.97 Å². The maximum atomic E-state index is 10.4. The van der Waals surface area contributed by atoms with Gasteiger partial charge in [0.25, 0.3) is 5.78 Å². The molecule has 7 nitrogen and oxygen atoms in total. The van der Waals surface area contributed by atoms with Gasteiger partial charge < -0.3 is 10.4 Å². The average Bonchev–Trinajstić information content (AvgIpc) is 2.84. The number of aromatic amines is 1. The molecule has 0 aliphatic carbocycles. The number of H-pyrrole nitrogens is 1. The highest BCUT2D eigenvalue weighted by molar-refractivity contribution is 9.10. The summed E-state index contributed by atoms with van der Waals surface area (Å²) in [5.74, 6) is 0.207. The summed E-state index contributed by atoms with van der Waals surface area (Å²) in [4.78, 5) is 19.1. The molecule has 3 rings (SSSR count). The second kappa shape index (κ2) is 4.54. The predicted molar refractivity (Wildman–Crippen MR) is 73.3 cm³/mol. The smallest absolute Gasteiger partial charge is 0.305 e. The maximum absolute atomic E-state index is 10.4. The van der Waals surface area contributed by atoms with Crippen LogP contribution >= 0.6 is 15.9 Å². The van der Waals surface area contributed by atoms with Gasteiger partial charge in [0, 0.05) is 11.0 Å². The Bertz CT molecular complexity index is 763. The number of carbonyl (C=O) groups is 1. The first-order valence-corrected chi connectivity index (χ1v) is 6.42. The van der Waals surface area contributed by atoms with Crippen molar-refractivity contribution in [3.8, 4) is 0 Å². The topological polar surface area (TPSA) is 95.3 Å². The van der Waals surface area contributed by atoms with E-state index in [4.69, 9.17) is 5.11 Å². The van der Waals surface area contributed by atoms with Crippen LogP contribution in [0.1, 0.15) is 6.42 Å². The Hall–Kier alpha value is -2.09. The van der Waals surface area contributed by atoms with Crippen LogP contribution in [0.2, 0.25) is 0 Å². The largest absolute Gasteiger partial charge is 0.481 e. The average molecular weight is 324 g/mol. The van der Waals surface area contributed by atoms with Crippen LogP contribution in [0.5, 0.6) is 0 Å². The van der Waals surface area contributed by atoms with Crippen LogP contribution in [0.4, 0.5) is 5.95 Å². The molecule has 2 aromatic heterocycles. The molecule has 0 aliphatic rings. The molecule has 3 aromatic rings. The zero-order valence-electron chi connectivity index (χ0n) is 9.72. The van der Waals surface area contributed by atoms with E-state index in [2.05, 4.69) is 36.3 Å². The number of carboxylic acid groups (broad SMARTS) is 1. The number of halogens is 1. The lowest BCUT2D eigenvalue weighted by Crippen LogP contribution is -2.08. The lowest BCUT2D eigenvalue weighted by molar-refractivity contribution is -0.136. The van der Waals surface area contributed by atoms with Gasteiger partial charge in [-0.05, 0) is 18.2 Å².